The van der Waals surface area contributed by atoms with E-state index >= 15 is 0 Å². The van der Waals surface area contributed by atoms with Crippen molar-refractivity contribution in [3.8, 4) is 0 Å². The van der Waals surface area contributed by atoms with E-state index in [4.69, 9.17) is 16.6 Å². The first-order chi connectivity index (χ1) is 8.02. The SMILES string of the molecule is CCC(=CCSc1nc(N)cc(N)n1)C(=O)O. The molecule has 0 saturated heterocycles. The van der Waals surface area contributed by atoms with E-state index in [0.717, 1.165) is 0 Å². The number of carbonyl (C=O) groups is 1. The summed E-state index contributed by atoms with van der Waals surface area (Å²) in [5.74, 6) is 0.176. The molecule has 0 aliphatic carbocycles. The highest BCUT2D eigenvalue weighted by molar-refractivity contribution is 7.99. The Morgan fingerprint density at radius 1 is 1.47 bits per heavy atom. The standard InChI is InChI=1S/C10H14N4O2S/c1-2-6(9(15)16)3-4-17-10-13-7(11)5-8(12)14-10/h3,5H,2,4H2,1H3,(H,15,16)(H4,11,12,13,14). The Labute approximate surface area is 103 Å². The molecule has 0 amide bonds. The van der Waals surface area contributed by atoms with E-state index < -0.39 is 5.97 Å². The molecular formula is C10H14N4O2S. The summed E-state index contributed by atoms with van der Waals surface area (Å²) >= 11 is 1.29. The summed E-state index contributed by atoms with van der Waals surface area (Å²) in [5.41, 5.74) is 11.4. The maximum atomic E-state index is 10.7. The van der Waals surface area contributed by atoms with Crippen LogP contribution in [0.2, 0.25) is 0 Å². The molecule has 1 aromatic heterocycles. The second-order valence-corrected chi connectivity index (χ2v) is 4.19. The average Bonchev–Trinajstić information content (AvgIpc) is 2.22. The van der Waals surface area contributed by atoms with Gasteiger partial charge in [0.1, 0.15) is 11.6 Å². The van der Waals surface area contributed by atoms with E-state index in [1.54, 1.807) is 13.0 Å². The number of thioether (sulfide) groups is 1. The van der Waals surface area contributed by atoms with Gasteiger partial charge in [0.15, 0.2) is 5.16 Å². The van der Waals surface area contributed by atoms with E-state index in [9.17, 15) is 4.79 Å². The van der Waals surface area contributed by atoms with Crippen LogP contribution in [0, 0.1) is 0 Å². The maximum Gasteiger partial charge on any atom is 0.331 e. The molecule has 0 aliphatic rings. The average molecular weight is 254 g/mol. The Balaban J connectivity index is 2.64. The van der Waals surface area contributed by atoms with Crippen LogP contribution < -0.4 is 11.5 Å². The minimum Gasteiger partial charge on any atom is -0.478 e. The van der Waals surface area contributed by atoms with Crippen LogP contribution in [0.5, 0.6) is 0 Å². The van der Waals surface area contributed by atoms with Crippen LogP contribution in [-0.2, 0) is 4.79 Å². The summed E-state index contributed by atoms with van der Waals surface area (Å²) in [4.78, 5) is 18.7. The lowest BCUT2D eigenvalue weighted by molar-refractivity contribution is -0.132. The molecule has 1 aromatic rings. The van der Waals surface area contributed by atoms with Crippen LogP contribution >= 0.6 is 11.8 Å². The summed E-state index contributed by atoms with van der Waals surface area (Å²) in [7, 11) is 0. The first-order valence-electron chi connectivity index (χ1n) is 4.98. The van der Waals surface area contributed by atoms with Crippen LogP contribution in [0.1, 0.15) is 13.3 Å². The number of carboxylic acids is 1. The normalized spacial score (nSPS) is 11.5. The topological polar surface area (TPSA) is 115 Å². The van der Waals surface area contributed by atoms with E-state index in [2.05, 4.69) is 9.97 Å². The molecule has 1 rings (SSSR count). The molecule has 0 fully saturated rings. The van der Waals surface area contributed by atoms with E-state index in [0.29, 0.717) is 34.5 Å². The number of aliphatic carboxylic acids is 1. The maximum absolute atomic E-state index is 10.7. The minimum atomic E-state index is -0.902. The first kappa shape index (κ1) is 13.3. The third-order valence-electron chi connectivity index (χ3n) is 1.94. The van der Waals surface area contributed by atoms with Gasteiger partial charge in [-0.05, 0) is 6.42 Å². The van der Waals surface area contributed by atoms with Gasteiger partial charge < -0.3 is 16.6 Å². The largest absolute Gasteiger partial charge is 0.478 e. The van der Waals surface area contributed by atoms with Gasteiger partial charge in [-0.25, -0.2) is 14.8 Å². The molecule has 0 atom stereocenters. The Bertz CT molecular complexity index is 428. The summed E-state index contributed by atoms with van der Waals surface area (Å²) in [6.07, 6.45) is 2.12. The van der Waals surface area contributed by atoms with Gasteiger partial charge in [0, 0.05) is 17.4 Å². The lowest BCUT2D eigenvalue weighted by Gasteiger charge is -2.01. The quantitative estimate of drug-likeness (QED) is 0.410. The van der Waals surface area contributed by atoms with E-state index in [1.165, 1.54) is 17.8 Å². The third-order valence-corrected chi connectivity index (χ3v) is 2.72. The Morgan fingerprint density at radius 2 is 2.06 bits per heavy atom. The van der Waals surface area contributed by atoms with Crippen molar-refractivity contribution in [2.75, 3.05) is 17.2 Å². The molecule has 6 nitrogen and oxygen atoms in total. The number of anilines is 2. The second kappa shape index (κ2) is 6.09. The van der Waals surface area contributed by atoms with Crippen molar-refractivity contribution in [3.05, 3.63) is 17.7 Å². The number of nitrogens with two attached hydrogens (primary N) is 2. The van der Waals surface area contributed by atoms with Gasteiger partial charge in [-0.15, -0.1) is 0 Å². The number of aromatic nitrogens is 2. The zero-order chi connectivity index (χ0) is 12.8. The highest BCUT2D eigenvalue weighted by Gasteiger charge is 2.04. The third kappa shape index (κ3) is 4.31. The van der Waals surface area contributed by atoms with Gasteiger partial charge >= 0.3 is 5.97 Å². The van der Waals surface area contributed by atoms with Gasteiger partial charge in [0.25, 0.3) is 0 Å². The molecule has 0 aliphatic heterocycles. The second-order valence-electron chi connectivity index (χ2n) is 3.20. The molecule has 92 valence electrons. The van der Waals surface area contributed by atoms with Crippen molar-refractivity contribution < 1.29 is 9.90 Å². The monoisotopic (exact) mass is 254 g/mol. The predicted octanol–water partition coefficient (Wildman–Crippen LogP) is 1.15. The van der Waals surface area contributed by atoms with Gasteiger partial charge in [0.2, 0.25) is 0 Å². The molecule has 7 heteroatoms. The fraction of sp³-hybridized carbons (Fsp3) is 0.300. The van der Waals surface area contributed by atoms with Crippen molar-refractivity contribution >= 4 is 29.4 Å². The number of hydrogen-bond donors (Lipinski definition) is 3. The molecule has 0 radical (unpaired) electrons. The van der Waals surface area contributed by atoms with Gasteiger partial charge in [0.05, 0.1) is 0 Å². The molecule has 17 heavy (non-hydrogen) atoms. The highest BCUT2D eigenvalue weighted by Crippen LogP contribution is 2.17. The molecule has 0 spiro atoms. The molecule has 0 bridgehead atoms. The Kier molecular flexibility index (Phi) is 4.77. The van der Waals surface area contributed by atoms with Crippen molar-refractivity contribution in [1.82, 2.24) is 9.97 Å². The summed E-state index contributed by atoms with van der Waals surface area (Å²) in [5, 5.41) is 9.25. The molecule has 1 heterocycles. The number of hydrogen-bond acceptors (Lipinski definition) is 6. The van der Waals surface area contributed by atoms with Crippen molar-refractivity contribution in [3.63, 3.8) is 0 Å². The van der Waals surface area contributed by atoms with Gasteiger partial charge in [-0.3, -0.25) is 0 Å². The lowest BCUT2D eigenvalue weighted by atomic mass is 10.2. The van der Waals surface area contributed by atoms with E-state index in [-0.39, 0.29) is 0 Å². The zero-order valence-electron chi connectivity index (χ0n) is 9.38. The van der Waals surface area contributed by atoms with Gasteiger partial charge in [-0.1, -0.05) is 24.8 Å². The summed E-state index contributed by atoms with van der Waals surface area (Å²) < 4.78 is 0. The minimum absolute atomic E-state index is 0.304. The van der Waals surface area contributed by atoms with Crippen LogP contribution in [0.15, 0.2) is 22.9 Å². The fourth-order valence-corrected chi connectivity index (χ4v) is 1.90. The molecule has 5 N–H and O–H groups in total. The molecule has 0 aromatic carbocycles. The summed E-state index contributed by atoms with van der Waals surface area (Å²) in [6, 6.07) is 1.47. The van der Waals surface area contributed by atoms with Crippen LogP contribution in [-0.4, -0.2) is 26.8 Å². The first-order valence-corrected chi connectivity index (χ1v) is 5.96. The number of nitrogen functional groups attached to an aromatic ring is 2. The molecule has 0 unspecified atom stereocenters. The smallest absolute Gasteiger partial charge is 0.331 e. The number of rotatable bonds is 5. The van der Waals surface area contributed by atoms with Crippen LogP contribution in [0.3, 0.4) is 0 Å². The number of carboxylic acid groups (broad SMARTS) is 1. The molecular weight excluding hydrogens is 240 g/mol. The number of nitrogens with zero attached hydrogens (tertiary/aromatic N) is 2. The zero-order valence-corrected chi connectivity index (χ0v) is 10.2. The predicted molar refractivity (Wildman–Crippen MR) is 67.6 cm³/mol. The van der Waals surface area contributed by atoms with Crippen molar-refractivity contribution in [2.45, 2.75) is 18.5 Å². The van der Waals surface area contributed by atoms with Crippen molar-refractivity contribution in [1.29, 1.82) is 0 Å². The van der Waals surface area contributed by atoms with Crippen LogP contribution in [0.4, 0.5) is 11.6 Å². The summed E-state index contributed by atoms with van der Waals surface area (Å²) in [6.45, 7) is 1.79. The van der Waals surface area contributed by atoms with Gasteiger partial charge in [-0.2, -0.15) is 0 Å². The molecule has 0 saturated carbocycles. The van der Waals surface area contributed by atoms with Crippen molar-refractivity contribution in [2.24, 2.45) is 0 Å². The van der Waals surface area contributed by atoms with Crippen LogP contribution in [0.25, 0.3) is 0 Å². The Morgan fingerprint density at radius 3 is 2.53 bits per heavy atom. The van der Waals surface area contributed by atoms with E-state index in [1.807, 2.05) is 0 Å². The Hall–Kier alpha value is -1.76. The fourth-order valence-electron chi connectivity index (χ4n) is 1.13. The lowest BCUT2D eigenvalue weighted by Crippen LogP contribution is -2.01. The highest BCUT2D eigenvalue weighted by atomic mass is 32.2.